The molecule has 1 saturated heterocycles. The van der Waals surface area contributed by atoms with Crippen molar-refractivity contribution in [2.45, 2.75) is 72.9 Å². The van der Waals surface area contributed by atoms with Crippen LogP contribution in [0.3, 0.4) is 0 Å². The molecule has 1 aliphatic heterocycles. The Balaban J connectivity index is 2.78. The van der Waals surface area contributed by atoms with E-state index in [1.807, 2.05) is 0 Å². The second-order valence-corrected chi connectivity index (χ2v) is 7.76. The van der Waals surface area contributed by atoms with E-state index in [1.165, 1.54) is 25.9 Å². The molecule has 108 valence electrons. The number of hydrogen-bond acceptors (Lipinski definition) is 2. The van der Waals surface area contributed by atoms with Crippen LogP contribution in [-0.4, -0.2) is 36.1 Å². The van der Waals surface area contributed by atoms with Gasteiger partial charge in [0.05, 0.1) is 0 Å². The molecule has 2 heteroatoms. The van der Waals surface area contributed by atoms with Crippen LogP contribution in [0.5, 0.6) is 0 Å². The van der Waals surface area contributed by atoms with Crippen molar-refractivity contribution in [1.82, 2.24) is 10.2 Å². The fourth-order valence-corrected chi connectivity index (χ4v) is 3.10. The van der Waals surface area contributed by atoms with Gasteiger partial charge in [-0.05, 0) is 25.2 Å². The summed E-state index contributed by atoms with van der Waals surface area (Å²) >= 11 is 0. The van der Waals surface area contributed by atoms with Gasteiger partial charge in [0, 0.05) is 31.2 Å². The van der Waals surface area contributed by atoms with Crippen LogP contribution in [0.2, 0.25) is 0 Å². The molecule has 1 atom stereocenters. The predicted molar refractivity (Wildman–Crippen MR) is 81.0 cm³/mol. The second-order valence-electron chi connectivity index (χ2n) is 7.76. The van der Waals surface area contributed by atoms with Gasteiger partial charge < -0.3 is 5.32 Å². The highest BCUT2D eigenvalue weighted by molar-refractivity contribution is 4.97. The molecule has 1 aliphatic rings. The Hall–Kier alpha value is -0.0800. The zero-order valence-corrected chi connectivity index (χ0v) is 13.6. The number of hydrogen-bond donors (Lipinski definition) is 1. The quantitative estimate of drug-likeness (QED) is 0.826. The lowest BCUT2D eigenvalue weighted by molar-refractivity contribution is 0.0210. The van der Waals surface area contributed by atoms with Crippen molar-refractivity contribution in [1.29, 1.82) is 0 Å². The van der Waals surface area contributed by atoms with Gasteiger partial charge in [-0.2, -0.15) is 0 Å². The van der Waals surface area contributed by atoms with Crippen molar-refractivity contribution in [3.8, 4) is 0 Å². The molecule has 1 N–H and O–H groups in total. The molecule has 0 aromatic rings. The zero-order valence-electron chi connectivity index (χ0n) is 13.6. The summed E-state index contributed by atoms with van der Waals surface area (Å²) in [6.45, 7) is 20.0. The normalized spacial score (nSPS) is 25.7. The third kappa shape index (κ3) is 4.24. The first-order valence-electron chi connectivity index (χ1n) is 7.68. The molecule has 1 fully saturated rings. The lowest BCUT2D eigenvalue weighted by Gasteiger charge is -2.50. The molecule has 0 amide bonds. The van der Waals surface area contributed by atoms with Gasteiger partial charge in [0.15, 0.2) is 0 Å². The molecule has 1 heterocycles. The van der Waals surface area contributed by atoms with E-state index in [-0.39, 0.29) is 5.54 Å². The highest BCUT2D eigenvalue weighted by Gasteiger charge is 2.38. The number of piperazine rings is 1. The molecule has 0 aliphatic carbocycles. The smallest absolute Gasteiger partial charge is 0.0270 e. The van der Waals surface area contributed by atoms with Crippen molar-refractivity contribution in [2.75, 3.05) is 19.6 Å². The van der Waals surface area contributed by atoms with E-state index in [0.29, 0.717) is 11.5 Å². The lowest BCUT2D eigenvalue weighted by Crippen LogP contribution is -2.65. The fourth-order valence-electron chi connectivity index (χ4n) is 3.10. The van der Waals surface area contributed by atoms with Gasteiger partial charge >= 0.3 is 0 Å². The van der Waals surface area contributed by atoms with E-state index in [0.717, 1.165) is 12.5 Å². The van der Waals surface area contributed by atoms with Crippen molar-refractivity contribution in [2.24, 2.45) is 11.3 Å². The summed E-state index contributed by atoms with van der Waals surface area (Å²) in [4.78, 5) is 2.74. The summed E-state index contributed by atoms with van der Waals surface area (Å²) in [6, 6.07) is 0.658. The first-order chi connectivity index (χ1) is 8.19. The van der Waals surface area contributed by atoms with Crippen molar-refractivity contribution in [3.63, 3.8) is 0 Å². The summed E-state index contributed by atoms with van der Waals surface area (Å²) < 4.78 is 0. The third-order valence-corrected chi connectivity index (χ3v) is 4.46. The van der Waals surface area contributed by atoms with Crippen LogP contribution in [-0.2, 0) is 0 Å². The monoisotopic (exact) mass is 254 g/mol. The number of rotatable bonds is 4. The summed E-state index contributed by atoms with van der Waals surface area (Å²) in [5.74, 6) is 0.851. The molecule has 0 spiro atoms. The number of nitrogens with zero attached hydrogens (tertiary/aromatic N) is 1. The van der Waals surface area contributed by atoms with Gasteiger partial charge in [0.25, 0.3) is 0 Å². The van der Waals surface area contributed by atoms with E-state index in [2.05, 4.69) is 58.7 Å². The van der Waals surface area contributed by atoms with Crippen LogP contribution in [0, 0.1) is 11.3 Å². The molecule has 2 nitrogen and oxygen atoms in total. The average molecular weight is 254 g/mol. The summed E-state index contributed by atoms with van der Waals surface area (Å²) in [5, 5.41) is 3.71. The first-order valence-corrected chi connectivity index (χ1v) is 7.68. The summed E-state index contributed by atoms with van der Waals surface area (Å²) in [6.07, 6.45) is 2.61. The van der Waals surface area contributed by atoms with Gasteiger partial charge in [0.2, 0.25) is 0 Å². The topological polar surface area (TPSA) is 15.3 Å². The van der Waals surface area contributed by atoms with E-state index in [9.17, 15) is 0 Å². The first kappa shape index (κ1) is 16.0. The van der Waals surface area contributed by atoms with Crippen LogP contribution in [0.1, 0.15) is 61.3 Å². The fraction of sp³-hybridized carbons (Fsp3) is 1.00. The van der Waals surface area contributed by atoms with Crippen LogP contribution < -0.4 is 5.32 Å². The van der Waals surface area contributed by atoms with Gasteiger partial charge in [-0.1, -0.05) is 47.5 Å². The maximum Gasteiger partial charge on any atom is 0.0270 e. The van der Waals surface area contributed by atoms with Crippen LogP contribution >= 0.6 is 0 Å². The Kier molecular flexibility index (Phi) is 5.25. The largest absolute Gasteiger partial charge is 0.309 e. The number of nitrogens with one attached hydrogen (secondary N) is 1. The molecule has 0 saturated carbocycles. The van der Waals surface area contributed by atoms with E-state index >= 15 is 0 Å². The summed E-state index contributed by atoms with van der Waals surface area (Å²) in [5.41, 5.74) is 0.614. The van der Waals surface area contributed by atoms with Gasteiger partial charge in [-0.25, -0.2) is 0 Å². The second kappa shape index (κ2) is 5.92. The molecule has 1 rings (SSSR count). The van der Waals surface area contributed by atoms with Crippen molar-refractivity contribution in [3.05, 3.63) is 0 Å². The van der Waals surface area contributed by atoms with Crippen LogP contribution in [0.15, 0.2) is 0 Å². The maximum atomic E-state index is 3.71. The SMILES string of the molecule is CCC(CC)CN1CC(C)(C)NCC1C(C)(C)C. The highest BCUT2D eigenvalue weighted by Crippen LogP contribution is 2.30. The Morgan fingerprint density at radius 1 is 1.22 bits per heavy atom. The molecular weight excluding hydrogens is 220 g/mol. The zero-order chi connectivity index (χ0) is 14.0. The molecule has 1 unspecified atom stereocenters. The minimum Gasteiger partial charge on any atom is -0.309 e. The van der Waals surface area contributed by atoms with Crippen molar-refractivity contribution >= 4 is 0 Å². The standard InChI is InChI=1S/C16H34N2/c1-8-13(9-2)11-18-12-16(6,7)17-10-14(18)15(3,4)5/h13-14,17H,8-12H2,1-7H3. The molecular formula is C16H34N2. The van der Waals surface area contributed by atoms with E-state index in [1.54, 1.807) is 0 Å². The lowest BCUT2D eigenvalue weighted by atomic mass is 9.81. The predicted octanol–water partition coefficient (Wildman–Crippen LogP) is 3.52. The summed E-state index contributed by atoms with van der Waals surface area (Å²) in [7, 11) is 0. The van der Waals surface area contributed by atoms with E-state index < -0.39 is 0 Å². The van der Waals surface area contributed by atoms with Crippen LogP contribution in [0.25, 0.3) is 0 Å². The van der Waals surface area contributed by atoms with Crippen molar-refractivity contribution < 1.29 is 0 Å². The molecule has 18 heavy (non-hydrogen) atoms. The molecule has 0 radical (unpaired) electrons. The molecule has 0 aromatic carbocycles. The third-order valence-electron chi connectivity index (χ3n) is 4.46. The van der Waals surface area contributed by atoms with Crippen LogP contribution in [0.4, 0.5) is 0 Å². The Labute approximate surface area is 115 Å². The highest BCUT2D eigenvalue weighted by atomic mass is 15.3. The minimum absolute atomic E-state index is 0.258. The molecule has 0 bridgehead atoms. The Morgan fingerprint density at radius 2 is 1.78 bits per heavy atom. The maximum absolute atomic E-state index is 3.71. The Morgan fingerprint density at radius 3 is 2.22 bits per heavy atom. The minimum atomic E-state index is 0.258. The Bertz CT molecular complexity index is 248. The van der Waals surface area contributed by atoms with Gasteiger partial charge in [-0.3, -0.25) is 4.90 Å². The average Bonchev–Trinajstić information content (AvgIpc) is 2.22. The van der Waals surface area contributed by atoms with E-state index in [4.69, 9.17) is 0 Å². The molecule has 0 aromatic heterocycles. The van der Waals surface area contributed by atoms with Gasteiger partial charge in [0.1, 0.15) is 0 Å². The van der Waals surface area contributed by atoms with Gasteiger partial charge in [-0.15, -0.1) is 0 Å².